The average molecular weight is 429 g/mol. The maximum atomic E-state index is 12.4. The summed E-state index contributed by atoms with van der Waals surface area (Å²) in [5.74, 6) is -0.455. The highest BCUT2D eigenvalue weighted by molar-refractivity contribution is 7.89. The van der Waals surface area contributed by atoms with Crippen molar-refractivity contribution in [2.45, 2.75) is 51.0 Å². The van der Waals surface area contributed by atoms with Crippen molar-refractivity contribution in [3.8, 4) is 5.75 Å². The first-order valence-electron chi connectivity index (χ1n) is 9.56. The van der Waals surface area contributed by atoms with Crippen LogP contribution >= 0.6 is 0 Å². The monoisotopic (exact) mass is 428 g/mol. The first kappa shape index (κ1) is 24.9. The Bertz CT molecular complexity index is 805. The van der Waals surface area contributed by atoms with Gasteiger partial charge in [0.2, 0.25) is 10.0 Å². The Morgan fingerprint density at radius 3 is 2.34 bits per heavy atom. The third-order valence-corrected chi connectivity index (χ3v) is 6.15. The molecule has 0 bridgehead atoms. The van der Waals surface area contributed by atoms with Gasteiger partial charge in [0.1, 0.15) is 10.6 Å². The van der Waals surface area contributed by atoms with Gasteiger partial charge >= 0.3 is 5.97 Å². The number of benzene rings is 1. The lowest BCUT2D eigenvalue weighted by atomic mass is 10.0. The normalized spacial score (nSPS) is 12.7. The van der Waals surface area contributed by atoms with E-state index in [1.54, 1.807) is 0 Å². The molecular formula is C20H32N2O6S. The number of carbonyl (C=O) groups is 2. The lowest BCUT2D eigenvalue weighted by Gasteiger charge is -2.16. The number of rotatable bonds is 11. The van der Waals surface area contributed by atoms with E-state index < -0.39 is 28.5 Å². The van der Waals surface area contributed by atoms with E-state index in [0.29, 0.717) is 5.92 Å². The van der Waals surface area contributed by atoms with E-state index in [2.05, 4.69) is 19.2 Å². The molecule has 164 valence electrons. The summed E-state index contributed by atoms with van der Waals surface area (Å²) in [7, 11) is 0.288. The molecule has 0 heterocycles. The van der Waals surface area contributed by atoms with Crippen LogP contribution in [0.2, 0.25) is 0 Å². The molecule has 0 aromatic heterocycles. The van der Waals surface area contributed by atoms with Gasteiger partial charge in [0, 0.05) is 20.1 Å². The molecule has 0 saturated carbocycles. The lowest BCUT2D eigenvalue weighted by Crippen LogP contribution is -2.35. The van der Waals surface area contributed by atoms with Crippen LogP contribution in [0.4, 0.5) is 0 Å². The Labute approximate surface area is 173 Å². The summed E-state index contributed by atoms with van der Waals surface area (Å²) in [5.41, 5.74) is 0.0176. The summed E-state index contributed by atoms with van der Waals surface area (Å²) < 4.78 is 36.0. The first-order chi connectivity index (χ1) is 13.5. The largest absolute Gasteiger partial charge is 0.495 e. The van der Waals surface area contributed by atoms with Crippen LogP contribution in [0.25, 0.3) is 0 Å². The maximum Gasteiger partial charge on any atom is 0.338 e. The van der Waals surface area contributed by atoms with E-state index in [0.717, 1.165) is 23.6 Å². The molecule has 0 saturated heterocycles. The molecule has 1 amide bonds. The van der Waals surface area contributed by atoms with Crippen molar-refractivity contribution < 1.29 is 27.5 Å². The summed E-state index contributed by atoms with van der Waals surface area (Å²) >= 11 is 0. The molecule has 0 aliphatic heterocycles. The summed E-state index contributed by atoms with van der Waals surface area (Å²) in [6.45, 7) is 5.77. The second-order valence-electron chi connectivity index (χ2n) is 7.52. The van der Waals surface area contributed by atoms with Crippen molar-refractivity contribution in [1.29, 1.82) is 0 Å². The highest BCUT2D eigenvalue weighted by Crippen LogP contribution is 2.27. The molecule has 0 fully saturated rings. The fourth-order valence-corrected chi connectivity index (χ4v) is 3.71. The zero-order valence-corrected chi connectivity index (χ0v) is 18.8. The third-order valence-electron chi connectivity index (χ3n) is 4.32. The van der Waals surface area contributed by atoms with Gasteiger partial charge in [-0.1, -0.05) is 26.7 Å². The Kier molecular flexibility index (Phi) is 9.58. The molecule has 1 N–H and O–H groups in total. The second kappa shape index (κ2) is 11.2. The van der Waals surface area contributed by atoms with Crippen molar-refractivity contribution in [2.75, 3.05) is 27.8 Å². The van der Waals surface area contributed by atoms with Crippen molar-refractivity contribution in [3.05, 3.63) is 23.8 Å². The quantitative estimate of drug-likeness (QED) is 0.543. The number of esters is 1. The van der Waals surface area contributed by atoms with Crippen LogP contribution in [0.15, 0.2) is 23.1 Å². The van der Waals surface area contributed by atoms with E-state index in [4.69, 9.17) is 9.47 Å². The standard InChI is InChI=1S/C20H32N2O6S/c1-14(2)8-7-9-15(3)21-19(23)13-28-20(24)16-10-11-17(27-6)18(12-16)29(25,26)22(4)5/h10-12,14-15H,7-9,13H2,1-6H3,(H,21,23). The molecule has 0 spiro atoms. The SMILES string of the molecule is COc1ccc(C(=O)OCC(=O)NC(C)CCCC(C)C)cc1S(=O)(=O)N(C)C. The maximum absolute atomic E-state index is 12.4. The van der Waals surface area contributed by atoms with Gasteiger partial charge in [-0.3, -0.25) is 4.79 Å². The molecular weight excluding hydrogens is 396 g/mol. The minimum Gasteiger partial charge on any atom is -0.495 e. The van der Waals surface area contributed by atoms with E-state index in [9.17, 15) is 18.0 Å². The van der Waals surface area contributed by atoms with Gasteiger partial charge in [0.25, 0.3) is 5.91 Å². The Morgan fingerprint density at radius 2 is 1.79 bits per heavy atom. The smallest absolute Gasteiger partial charge is 0.338 e. The molecule has 0 aliphatic carbocycles. The Morgan fingerprint density at radius 1 is 1.14 bits per heavy atom. The van der Waals surface area contributed by atoms with Crippen molar-refractivity contribution in [1.82, 2.24) is 9.62 Å². The van der Waals surface area contributed by atoms with Gasteiger partial charge in [0.05, 0.1) is 12.7 Å². The zero-order chi connectivity index (χ0) is 22.2. The average Bonchev–Trinajstić information content (AvgIpc) is 2.64. The number of sulfonamides is 1. The van der Waals surface area contributed by atoms with E-state index in [-0.39, 0.29) is 22.3 Å². The zero-order valence-electron chi connectivity index (χ0n) is 18.0. The summed E-state index contributed by atoms with van der Waals surface area (Å²) in [6, 6.07) is 3.94. The van der Waals surface area contributed by atoms with E-state index in [1.165, 1.54) is 39.4 Å². The number of methoxy groups -OCH3 is 1. The van der Waals surface area contributed by atoms with Gasteiger partial charge in [0.15, 0.2) is 6.61 Å². The molecule has 1 aromatic rings. The molecule has 1 unspecified atom stereocenters. The van der Waals surface area contributed by atoms with Gasteiger partial charge < -0.3 is 14.8 Å². The van der Waals surface area contributed by atoms with Crippen LogP contribution in [-0.4, -0.2) is 58.5 Å². The minimum atomic E-state index is -3.82. The van der Waals surface area contributed by atoms with E-state index in [1.807, 2.05) is 6.92 Å². The number of amides is 1. The number of hydrogen-bond acceptors (Lipinski definition) is 6. The number of carbonyl (C=O) groups excluding carboxylic acids is 2. The Hall–Kier alpha value is -2.13. The minimum absolute atomic E-state index is 0.0159. The lowest BCUT2D eigenvalue weighted by molar-refractivity contribution is -0.124. The molecule has 0 radical (unpaired) electrons. The van der Waals surface area contributed by atoms with Crippen LogP contribution in [0.3, 0.4) is 0 Å². The summed E-state index contributed by atoms with van der Waals surface area (Å²) in [5, 5.41) is 2.79. The predicted molar refractivity (Wildman–Crippen MR) is 110 cm³/mol. The molecule has 29 heavy (non-hydrogen) atoms. The number of nitrogens with one attached hydrogen (secondary N) is 1. The molecule has 1 rings (SSSR count). The second-order valence-corrected chi connectivity index (χ2v) is 9.64. The van der Waals surface area contributed by atoms with Crippen molar-refractivity contribution in [3.63, 3.8) is 0 Å². The Balaban J connectivity index is 2.72. The fraction of sp³-hybridized carbons (Fsp3) is 0.600. The van der Waals surface area contributed by atoms with Crippen LogP contribution < -0.4 is 10.1 Å². The predicted octanol–water partition coefficient (Wildman–Crippen LogP) is 2.43. The van der Waals surface area contributed by atoms with Crippen LogP contribution in [0, 0.1) is 5.92 Å². The fourth-order valence-electron chi connectivity index (χ4n) is 2.64. The topological polar surface area (TPSA) is 102 Å². The molecule has 1 atom stereocenters. The summed E-state index contributed by atoms with van der Waals surface area (Å²) in [6.07, 6.45) is 2.95. The van der Waals surface area contributed by atoms with Gasteiger partial charge in [-0.25, -0.2) is 17.5 Å². The molecule has 0 aliphatic rings. The number of hydrogen-bond donors (Lipinski definition) is 1. The number of nitrogens with zero attached hydrogens (tertiary/aromatic N) is 1. The molecule has 8 nitrogen and oxygen atoms in total. The van der Waals surface area contributed by atoms with Gasteiger partial charge in [-0.15, -0.1) is 0 Å². The van der Waals surface area contributed by atoms with Crippen LogP contribution in [-0.2, 0) is 19.6 Å². The molecule has 1 aromatic carbocycles. The van der Waals surface area contributed by atoms with Gasteiger partial charge in [-0.2, -0.15) is 0 Å². The van der Waals surface area contributed by atoms with Crippen molar-refractivity contribution in [2.24, 2.45) is 5.92 Å². The van der Waals surface area contributed by atoms with E-state index >= 15 is 0 Å². The third kappa shape index (κ3) is 7.66. The summed E-state index contributed by atoms with van der Waals surface area (Å²) in [4.78, 5) is 24.1. The van der Waals surface area contributed by atoms with Crippen LogP contribution in [0.1, 0.15) is 50.4 Å². The van der Waals surface area contributed by atoms with Gasteiger partial charge in [-0.05, 0) is 37.5 Å². The number of ether oxygens (including phenoxy) is 2. The van der Waals surface area contributed by atoms with Crippen molar-refractivity contribution >= 4 is 21.9 Å². The highest BCUT2D eigenvalue weighted by atomic mass is 32.2. The molecule has 9 heteroatoms. The van der Waals surface area contributed by atoms with Crippen LogP contribution in [0.5, 0.6) is 5.75 Å². The highest BCUT2D eigenvalue weighted by Gasteiger charge is 2.24. The first-order valence-corrected chi connectivity index (χ1v) is 11.0.